The number of ether oxygens (including phenoxy) is 1. The molecular formula is C13H19FN2O. The molecule has 17 heavy (non-hydrogen) atoms. The second-order valence-electron chi connectivity index (χ2n) is 4.25. The molecule has 2 N–H and O–H groups in total. The maximum Gasteiger partial charge on any atom is 0.145 e. The average Bonchev–Trinajstić information content (AvgIpc) is 2.81. The molecule has 0 aromatic heterocycles. The second kappa shape index (κ2) is 5.87. The van der Waals surface area contributed by atoms with Crippen LogP contribution in [0.2, 0.25) is 0 Å². The first-order valence-electron chi connectivity index (χ1n) is 6.19. The molecule has 1 saturated heterocycles. The lowest BCUT2D eigenvalue weighted by atomic mass is 10.2. The summed E-state index contributed by atoms with van der Waals surface area (Å²) in [7, 11) is 0. The Morgan fingerprint density at radius 1 is 1.53 bits per heavy atom. The highest BCUT2D eigenvalue weighted by atomic mass is 19.1. The maximum absolute atomic E-state index is 13.1. The third-order valence-corrected chi connectivity index (χ3v) is 2.94. The van der Waals surface area contributed by atoms with Crippen molar-refractivity contribution in [2.45, 2.75) is 25.8 Å². The van der Waals surface area contributed by atoms with E-state index in [4.69, 9.17) is 4.74 Å². The Hall–Kier alpha value is -1.29. The van der Waals surface area contributed by atoms with Crippen LogP contribution in [0.4, 0.5) is 10.1 Å². The molecule has 1 aromatic rings. The average molecular weight is 238 g/mol. The van der Waals surface area contributed by atoms with Crippen LogP contribution in [0, 0.1) is 5.82 Å². The molecule has 0 bridgehead atoms. The third-order valence-electron chi connectivity index (χ3n) is 2.94. The lowest BCUT2D eigenvalue weighted by molar-refractivity contribution is 0.339. The topological polar surface area (TPSA) is 33.3 Å². The van der Waals surface area contributed by atoms with Crippen molar-refractivity contribution in [1.82, 2.24) is 5.32 Å². The Balaban J connectivity index is 1.98. The normalized spacial score (nSPS) is 19.3. The quantitative estimate of drug-likeness (QED) is 0.826. The molecule has 1 unspecified atom stereocenters. The number of benzene rings is 1. The van der Waals surface area contributed by atoms with Gasteiger partial charge >= 0.3 is 0 Å². The van der Waals surface area contributed by atoms with Crippen molar-refractivity contribution < 1.29 is 9.13 Å². The molecule has 0 amide bonds. The minimum atomic E-state index is -0.266. The van der Waals surface area contributed by atoms with Crippen LogP contribution in [0.3, 0.4) is 0 Å². The van der Waals surface area contributed by atoms with Gasteiger partial charge in [-0.05, 0) is 38.4 Å². The Bertz CT molecular complexity index is 364. The van der Waals surface area contributed by atoms with Crippen LogP contribution >= 0.6 is 0 Å². The summed E-state index contributed by atoms with van der Waals surface area (Å²) in [6, 6.07) is 5.12. The summed E-state index contributed by atoms with van der Waals surface area (Å²) in [5.74, 6) is 0.323. The zero-order valence-electron chi connectivity index (χ0n) is 10.1. The first kappa shape index (κ1) is 12.2. The van der Waals surface area contributed by atoms with Gasteiger partial charge in [0.1, 0.15) is 11.6 Å². The molecule has 94 valence electrons. The molecule has 0 radical (unpaired) electrons. The van der Waals surface area contributed by atoms with Crippen LogP contribution in [-0.2, 0) is 0 Å². The van der Waals surface area contributed by atoms with Gasteiger partial charge in [-0.2, -0.15) is 0 Å². The van der Waals surface area contributed by atoms with Gasteiger partial charge in [0.25, 0.3) is 0 Å². The highest BCUT2D eigenvalue weighted by molar-refractivity contribution is 5.56. The molecule has 0 aliphatic carbocycles. The van der Waals surface area contributed by atoms with Gasteiger partial charge in [-0.25, -0.2) is 4.39 Å². The first-order valence-corrected chi connectivity index (χ1v) is 6.19. The van der Waals surface area contributed by atoms with Crippen molar-refractivity contribution in [2.75, 3.05) is 25.0 Å². The van der Waals surface area contributed by atoms with E-state index < -0.39 is 0 Å². The molecule has 4 heteroatoms. The zero-order valence-corrected chi connectivity index (χ0v) is 10.1. The van der Waals surface area contributed by atoms with E-state index in [1.807, 2.05) is 6.92 Å². The molecule has 1 aromatic carbocycles. The number of halogens is 1. The summed E-state index contributed by atoms with van der Waals surface area (Å²) in [4.78, 5) is 0. The van der Waals surface area contributed by atoms with Crippen LogP contribution in [0.25, 0.3) is 0 Å². The van der Waals surface area contributed by atoms with E-state index in [1.165, 1.54) is 25.0 Å². The van der Waals surface area contributed by atoms with Gasteiger partial charge in [-0.1, -0.05) is 0 Å². The predicted octanol–water partition coefficient (Wildman–Crippen LogP) is 2.39. The van der Waals surface area contributed by atoms with Gasteiger partial charge in [0.15, 0.2) is 0 Å². The molecule has 1 aliphatic rings. The third kappa shape index (κ3) is 3.33. The van der Waals surface area contributed by atoms with Crippen molar-refractivity contribution >= 4 is 5.69 Å². The summed E-state index contributed by atoms with van der Waals surface area (Å²) >= 11 is 0. The van der Waals surface area contributed by atoms with Crippen molar-refractivity contribution in [1.29, 1.82) is 0 Å². The maximum atomic E-state index is 13.1. The molecule has 1 fully saturated rings. The largest absolute Gasteiger partial charge is 0.492 e. The van der Waals surface area contributed by atoms with E-state index in [1.54, 1.807) is 6.07 Å². The smallest absolute Gasteiger partial charge is 0.145 e. The summed E-state index contributed by atoms with van der Waals surface area (Å²) in [6.07, 6.45) is 2.42. The molecule has 1 heterocycles. The van der Waals surface area contributed by atoms with Gasteiger partial charge in [0.2, 0.25) is 0 Å². The molecular weight excluding hydrogens is 219 g/mol. The van der Waals surface area contributed by atoms with Crippen LogP contribution in [-0.4, -0.2) is 25.7 Å². The van der Waals surface area contributed by atoms with Crippen molar-refractivity contribution in [3.05, 3.63) is 24.0 Å². The summed E-state index contributed by atoms with van der Waals surface area (Å²) < 4.78 is 18.5. The first-order chi connectivity index (χ1) is 8.29. The summed E-state index contributed by atoms with van der Waals surface area (Å²) in [6.45, 7) is 4.38. The lowest BCUT2D eigenvalue weighted by Crippen LogP contribution is -2.29. The fourth-order valence-electron chi connectivity index (χ4n) is 2.08. The van der Waals surface area contributed by atoms with E-state index >= 15 is 0 Å². The Morgan fingerprint density at radius 2 is 2.41 bits per heavy atom. The van der Waals surface area contributed by atoms with Crippen molar-refractivity contribution in [2.24, 2.45) is 0 Å². The monoisotopic (exact) mass is 238 g/mol. The number of hydrogen-bond donors (Lipinski definition) is 2. The van der Waals surface area contributed by atoms with Crippen LogP contribution in [0.5, 0.6) is 5.75 Å². The van der Waals surface area contributed by atoms with Gasteiger partial charge in [0.05, 0.1) is 12.3 Å². The van der Waals surface area contributed by atoms with Gasteiger partial charge in [-0.3, -0.25) is 0 Å². The predicted molar refractivity (Wildman–Crippen MR) is 67.1 cm³/mol. The number of anilines is 1. The Morgan fingerprint density at radius 3 is 3.12 bits per heavy atom. The molecule has 0 saturated carbocycles. The Kier molecular flexibility index (Phi) is 4.20. The van der Waals surface area contributed by atoms with E-state index in [-0.39, 0.29) is 5.82 Å². The number of nitrogens with one attached hydrogen (secondary N) is 2. The summed E-state index contributed by atoms with van der Waals surface area (Å²) in [5.41, 5.74) is 0.863. The number of hydrogen-bond acceptors (Lipinski definition) is 3. The van der Waals surface area contributed by atoms with Crippen molar-refractivity contribution in [3.8, 4) is 5.75 Å². The summed E-state index contributed by atoms with van der Waals surface area (Å²) in [5, 5.41) is 6.73. The lowest BCUT2D eigenvalue weighted by Gasteiger charge is -2.15. The standard InChI is InChI=1S/C13H19FN2O/c1-2-17-13-8-10(14)5-6-12(13)16-9-11-4-3-7-15-11/h5-6,8,11,15-16H,2-4,7,9H2,1H3. The van der Waals surface area contributed by atoms with Gasteiger partial charge in [0, 0.05) is 18.7 Å². The van der Waals surface area contributed by atoms with Crippen LogP contribution < -0.4 is 15.4 Å². The molecule has 1 atom stereocenters. The highest BCUT2D eigenvalue weighted by Gasteiger charge is 2.14. The minimum Gasteiger partial charge on any atom is -0.492 e. The van der Waals surface area contributed by atoms with E-state index in [9.17, 15) is 4.39 Å². The fourth-order valence-corrected chi connectivity index (χ4v) is 2.08. The van der Waals surface area contributed by atoms with Crippen LogP contribution in [0.15, 0.2) is 18.2 Å². The van der Waals surface area contributed by atoms with E-state index in [0.29, 0.717) is 18.4 Å². The number of rotatable bonds is 5. The van der Waals surface area contributed by atoms with Gasteiger partial charge < -0.3 is 15.4 Å². The van der Waals surface area contributed by atoms with Crippen molar-refractivity contribution in [3.63, 3.8) is 0 Å². The molecule has 0 spiro atoms. The van der Waals surface area contributed by atoms with Crippen LogP contribution in [0.1, 0.15) is 19.8 Å². The van der Waals surface area contributed by atoms with E-state index in [2.05, 4.69) is 10.6 Å². The highest BCUT2D eigenvalue weighted by Crippen LogP contribution is 2.25. The molecule has 3 nitrogen and oxygen atoms in total. The van der Waals surface area contributed by atoms with Gasteiger partial charge in [-0.15, -0.1) is 0 Å². The molecule has 2 rings (SSSR count). The second-order valence-corrected chi connectivity index (χ2v) is 4.25. The SMILES string of the molecule is CCOc1cc(F)ccc1NCC1CCCN1. The molecule has 1 aliphatic heterocycles. The zero-order chi connectivity index (χ0) is 12.1. The minimum absolute atomic E-state index is 0.266. The fraction of sp³-hybridized carbons (Fsp3) is 0.538. The van der Waals surface area contributed by atoms with E-state index in [0.717, 1.165) is 18.8 Å². The Labute approximate surface area is 101 Å².